The number of hydrogen-bond acceptors (Lipinski definition) is 3. The first-order valence-electron chi connectivity index (χ1n) is 8.70. The second-order valence-electron chi connectivity index (χ2n) is 6.93. The molecule has 3 aromatic rings. The van der Waals surface area contributed by atoms with Crippen LogP contribution >= 0.6 is 23.2 Å². The summed E-state index contributed by atoms with van der Waals surface area (Å²) in [4.78, 5) is 17.8. The normalized spacial score (nSPS) is 16.8. The van der Waals surface area contributed by atoms with E-state index in [2.05, 4.69) is 10.1 Å². The second-order valence-corrected chi connectivity index (χ2v) is 7.72. The zero-order valence-electron chi connectivity index (χ0n) is 15.3. The highest BCUT2D eigenvalue weighted by Gasteiger charge is 2.31. The van der Waals surface area contributed by atoms with Crippen molar-refractivity contribution in [3.05, 3.63) is 39.6 Å². The van der Waals surface area contributed by atoms with Crippen LogP contribution in [0.4, 0.5) is 0 Å². The number of hydrogen-bond donors (Lipinski definition) is 1. The molecule has 27 heavy (non-hydrogen) atoms. The predicted molar refractivity (Wildman–Crippen MR) is 106 cm³/mol. The summed E-state index contributed by atoms with van der Waals surface area (Å²) in [5.74, 6) is -0.0237. The van der Waals surface area contributed by atoms with Gasteiger partial charge in [-0.05, 0) is 19.1 Å². The number of aromatic amines is 1. The molecule has 8 heteroatoms. The number of aromatic nitrogens is 3. The number of benzene rings is 1. The molecule has 0 saturated carbocycles. The van der Waals surface area contributed by atoms with Gasteiger partial charge in [-0.3, -0.25) is 9.48 Å². The van der Waals surface area contributed by atoms with E-state index >= 15 is 0 Å². The van der Waals surface area contributed by atoms with Crippen LogP contribution in [-0.4, -0.2) is 45.3 Å². The van der Waals surface area contributed by atoms with E-state index in [1.807, 2.05) is 37.2 Å². The Morgan fingerprint density at radius 3 is 2.89 bits per heavy atom. The Balaban J connectivity index is 1.92. The number of amides is 1. The molecule has 6 nitrogen and oxygen atoms in total. The molecule has 142 valence electrons. The number of nitrogens with zero attached hydrogens (tertiary/aromatic N) is 3. The van der Waals surface area contributed by atoms with Gasteiger partial charge in [-0.15, -0.1) is 0 Å². The average Bonchev–Trinajstić information content (AvgIpc) is 3.21. The van der Waals surface area contributed by atoms with E-state index in [1.54, 1.807) is 4.68 Å². The van der Waals surface area contributed by atoms with Gasteiger partial charge in [-0.25, -0.2) is 0 Å². The third kappa shape index (κ3) is 3.02. The van der Waals surface area contributed by atoms with Crippen LogP contribution in [-0.2, 0) is 29.5 Å². The number of aryl methyl sites for hydroxylation is 1. The molecule has 1 aliphatic rings. The van der Waals surface area contributed by atoms with E-state index in [1.165, 1.54) is 7.11 Å². The van der Waals surface area contributed by atoms with Crippen molar-refractivity contribution < 1.29 is 9.53 Å². The van der Waals surface area contributed by atoms with Crippen molar-refractivity contribution in [1.29, 1.82) is 0 Å². The van der Waals surface area contributed by atoms with Gasteiger partial charge < -0.3 is 14.6 Å². The summed E-state index contributed by atoms with van der Waals surface area (Å²) in [6.07, 6.45) is 2.61. The van der Waals surface area contributed by atoms with E-state index in [9.17, 15) is 4.79 Å². The summed E-state index contributed by atoms with van der Waals surface area (Å²) < 4.78 is 6.79. The number of ether oxygens (including phenoxy) is 1. The number of nitrogens with one attached hydrogen (secondary N) is 1. The van der Waals surface area contributed by atoms with Crippen LogP contribution in [0.5, 0.6) is 0 Å². The molecule has 2 aromatic heterocycles. The third-order valence-electron chi connectivity index (χ3n) is 5.10. The van der Waals surface area contributed by atoms with Crippen molar-refractivity contribution in [2.45, 2.75) is 25.9 Å². The highest BCUT2D eigenvalue weighted by molar-refractivity contribution is 6.45. The van der Waals surface area contributed by atoms with Crippen LogP contribution in [0.3, 0.4) is 0 Å². The van der Waals surface area contributed by atoms with Crippen molar-refractivity contribution >= 4 is 40.0 Å². The summed E-state index contributed by atoms with van der Waals surface area (Å²) in [7, 11) is 3.40. The highest BCUT2D eigenvalue weighted by atomic mass is 35.5. The number of carbonyl (C=O) groups is 1. The lowest BCUT2D eigenvalue weighted by molar-refractivity contribution is -0.138. The highest BCUT2D eigenvalue weighted by Crippen LogP contribution is 2.42. The number of carbonyl (C=O) groups excluding carboxylic acids is 1. The van der Waals surface area contributed by atoms with Crippen LogP contribution in [0.2, 0.25) is 10.0 Å². The minimum atomic E-state index is -0.0237. The first-order valence-corrected chi connectivity index (χ1v) is 9.46. The summed E-state index contributed by atoms with van der Waals surface area (Å²) >= 11 is 12.9. The number of halogens is 2. The second kappa shape index (κ2) is 6.86. The number of fused-ring (bicyclic) bond motifs is 3. The van der Waals surface area contributed by atoms with Crippen molar-refractivity contribution in [1.82, 2.24) is 19.7 Å². The van der Waals surface area contributed by atoms with Gasteiger partial charge in [0.1, 0.15) is 6.61 Å². The molecular formula is C19H20Cl2N4O2. The topological polar surface area (TPSA) is 63.1 Å². The maximum atomic E-state index is 12.5. The molecule has 1 aliphatic heterocycles. The van der Waals surface area contributed by atoms with Crippen molar-refractivity contribution in [3.63, 3.8) is 0 Å². The molecule has 0 radical (unpaired) electrons. The minimum absolute atomic E-state index is 0.0237. The molecule has 1 atom stereocenters. The summed E-state index contributed by atoms with van der Waals surface area (Å²) in [6.45, 7) is 2.61. The van der Waals surface area contributed by atoms with E-state index in [4.69, 9.17) is 27.9 Å². The Morgan fingerprint density at radius 1 is 1.44 bits per heavy atom. The zero-order valence-corrected chi connectivity index (χ0v) is 16.9. The standard InChI is InChI=1S/C19H20Cl2N4O2/c1-10-6-15-12(8-25(10)16(26)9-27-3)17-11(14-4-5-24(2)23-14)7-13(20)18(21)19(17)22-15/h4-5,7,10,22H,6,8-9H2,1-3H3/t10-/m1/s1. The lowest BCUT2D eigenvalue weighted by Gasteiger charge is -2.33. The van der Waals surface area contributed by atoms with Gasteiger partial charge in [0, 0.05) is 61.6 Å². The fourth-order valence-electron chi connectivity index (χ4n) is 3.82. The molecule has 4 rings (SSSR count). The first-order chi connectivity index (χ1) is 12.9. The molecule has 1 N–H and O–H groups in total. The molecule has 0 aliphatic carbocycles. The van der Waals surface area contributed by atoms with Gasteiger partial charge in [0.2, 0.25) is 5.91 Å². The Hall–Kier alpha value is -2.02. The van der Waals surface area contributed by atoms with Crippen LogP contribution in [0.25, 0.3) is 22.2 Å². The lowest BCUT2D eigenvalue weighted by atomic mass is 9.96. The fraction of sp³-hybridized carbons (Fsp3) is 0.368. The molecule has 0 spiro atoms. The monoisotopic (exact) mass is 406 g/mol. The van der Waals surface area contributed by atoms with Crippen molar-refractivity contribution in [2.24, 2.45) is 7.05 Å². The largest absolute Gasteiger partial charge is 0.375 e. The molecule has 0 unspecified atom stereocenters. The SMILES string of the molecule is COCC(=O)N1Cc2c([nH]c3c(Cl)c(Cl)cc(-c4ccn(C)n4)c23)C[C@H]1C. The van der Waals surface area contributed by atoms with Gasteiger partial charge in [-0.2, -0.15) is 5.10 Å². The van der Waals surface area contributed by atoms with E-state index in [-0.39, 0.29) is 18.6 Å². The molecule has 3 heterocycles. The Labute approximate surface area is 167 Å². The van der Waals surface area contributed by atoms with Gasteiger partial charge in [-0.1, -0.05) is 23.2 Å². The number of methoxy groups -OCH3 is 1. The Bertz CT molecular complexity index is 1040. The molecule has 0 saturated heterocycles. The van der Waals surface area contributed by atoms with Gasteiger partial charge >= 0.3 is 0 Å². The minimum Gasteiger partial charge on any atom is -0.375 e. The predicted octanol–water partition coefficient (Wildman–Crippen LogP) is 3.79. The van der Waals surface area contributed by atoms with E-state index in [0.717, 1.165) is 39.8 Å². The van der Waals surface area contributed by atoms with Gasteiger partial charge in [0.25, 0.3) is 0 Å². The maximum absolute atomic E-state index is 12.5. The lowest BCUT2D eigenvalue weighted by Crippen LogP contribution is -2.44. The van der Waals surface area contributed by atoms with Crippen LogP contribution in [0.1, 0.15) is 18.2 Å². The van der Waals surface area contributed by atoms with Gasteiger partial charge in [0.05, 0.1) is 21.3 Å². The summed E-state index contributed by atoms with van der Waals surface area (Å²) in [5.41, 5.74) is 4.66. The summed E-state index contributed by atoms with van der Waals surface area (Å²) in [5, 5.41) is 6.47. The Kier molecular flexibility index (Phi) is 4.66. The molecular weight excluding hydrogens is 387 g/mol. The van der Waals surface area contributed by atoms with Crippen LogP contribution in [0.15, 0.2) is 18.3 Å². The van der Waals surface area contributed by atoms with Crippen molar-refractivity contribution in [2.75, 3.05) is 13.7 Å². The third-order valence-corrected chi connectivity index (χ3v) is 5.89. The smallest absolute Gasteiger partial charge is 0.249 e. The molecule has 0 fully saturated rings. The quantitative estimate of drug-likeness (QED) is 0.719. The van der Waals surface area contributed by atoms with E-state index in [0.29, 0.717) is 16.6 Å². The number of rotatable bonds is 3. The van der Waals surface area contributed by atoms with Crippen LogP contribution in [0, 0.1) is 0 Å². The molecule has 1 amide bonds. The Morgan fingerprint density at radius 2 is 2.22 bits per heavy atom. The van der Waals surface area contributed by atoms with Gasteiger partial charge in [0.15, 0.2) is 0 Å². The van der Waals surface area contributed by atoms with Crippen molar-refractivity contribution in [3.8, 4) is 11.3 Å². The molecule has 0 bridgehead atoms. The molecule has 1 aromatic carbocycles. The first kappa shape index (κ1) is 18.3. The van der Waals surface area contributed by atoms with E-state index < -0.39 is 0 Å². The maximum Gasteiger partial charge on any atom is 0.249 e. The average molecular weight is 407 g/mol. The zero-order chi connectivity index (χ0) is 19.3. The summed E-state index contributed by atoms with van der Waals surface area (Å²) in [6, 6.07) is 3.86. The van der Waals surface area contributed by atoms with Crippen LogP contribution < -0.4 is 0 Å². The fourth-order valence-corrected chi connectivity index (χ4v) is 4.22. The number of H-pyrrole nitrogens is 1.